The van der Waals surface area contributed by atoms with Crippen LogP contribution in [0, 0.1) is 0 Å². The van der Waals surface area contributed by atoms with E-state index >= 15 is 0 Å². The minimum absolute atomic E-state index is 0.0405. The third-order valence-corrected chi connectivity index (χ3v) is 5.72. The highest BCUT2D eigenvalue weighted by molar-refractivity contribution is 7.91. The number of carbonyl (C=O) groups excluding carboxylic acids is 1. The number of benzene rings is 1. The van der Waals surface area contributed by atoms with Gasteiger partial charge in [-0.25, -0.2) is 13.4 Å². The van der Waals surface area contributed by atoms with E-state index in [1.165, 1.54) is 11.0 Å². The van der Waals surface area contributed by atoms with Crippen molar-refractivity contribution < 1.29 is 13.2 Å². The molecule has 1 atom stereocenters. The summed E-state index contributed by atoms with van der Waals surface area (Å²) in [5, 5.41) is 0. The topological polar surface area (TPSA) is 80.2 Å². The van der Waals surface area contributed by atoms with Crippen LogP contribution in [0.15, 0.2) is 36.5 Å². The summed E-state index contributed by atoms with van der Waals surface area (Å²) in [6.07, 6.45) is 5.10. The van der Waals surface area contributed by atoms with Gasteiger partial charge in [0.25, 0.3) is 0 Å². The zero-order chi connectivity index (χ0) is 16.4. The SMILES string of the molecule is CN(C(=O)/C=C\c1cnc2ccccc2n1)[C@H]1CCS(=O)(=O)C1. The van der Waals surface area contributed by atoms with Crippen LogP contribution in [0.1, 0.15) is 12.1 Å². The number of nitrogens with zero attached hydrogens (tertiary/aromatic N) is 3. The first-order valence-corrected chi connectivity index (χ1v) is 9.14. The van der Waals surface area contributed by atoms with Gasteiger partial charge in [0.05, 0.1) is 34.4 Å². The Labute approximate surface area is 134 Å². The molecular weight excluding hydrogens is 314 g/mol. The molecule has 0 spiro atoms. The molecule has 23 heavy (non-hydrogen) atoms. The molecule has 1 aromatic heterocycles. The number of carbonyl (C=O) groups is 1. The van der Waals surface area contributed by atoms with Crippen LogP contribution in [0.3, 0.4) is 0 Å². The average Bonchev–Trinajstić information content (AvgIpc) is 2.91. The first-order valence-electron chi connectivity index (χ1n) is 7.32. The van der Waals surface area contributed by atoms with Crippen molar-refractivity contribution in [2.75, 3.05) is 18.6 Å². The highest BCUT2D eigenvalue weighted by Gasteiger charge is 2.31. The molecule has 2 heterocycles. The molecule has 1 aromatic carbocycles. The van der Waals surface area contributed by atoms with Gasteiger partial charge in [-0.05, 0) is 24.6 Å². The fraction of sp³-hybridized carbons (Fsp3) is 0.312. The molecule has 0 bridgehead atoms. The first-order chi connectivity index (χ1) is 10.9. The third-order valence-electron chi connectivity index (χ3n) is 3.97. The normalized spacial score (nSPS) is 20.1. The highest BCUT2D eigenvalue weighted by Crippen LogP contribution is 2.17. The average molecular weight is 331 g/mol. The van der Waals surface area contributed by atoms with Crippen LogP contribution in [-0.2, 0) is 14.6 Å². The molecule has 0 saturated carbocycles. The molecule has 0 unspecified atom stereocenters. The molecule has 0 aliphatic carbocycles. The number of amides is 1. The fourth-order valence-electron chi connectivity index (χ4n) is 2.59. The summed E-state index contributed by atoms with van der Waals surface area (Å²) >= 11 is 0. The Balaban J connectivity index is 1.72. The van der Waals surface area contributed by atoms with E-state index in [-0.39, 0.29) is 23.5 Å². The monoisotopic (exact) mass is 331 g/mol. The molecule has 3 rings (SSSR count). The summed E-state index contributed by atoms with van der Waals surface area (Å²) in [6.45, 7) is 0. The van der Waals surface area contributed by atoms with E-state index in [0.717, 1.165) is 11.0 Å². The lowest BCUT2D eigenvalue weighted by Gasteiger charge is -2.21. The minimum Gasteiger partial charge on any atom is -0.338 e. The molecule has 1 saturated heterocycles. The molecule has 120 valence electrons. The lowest BCUT2D eigenvalue weighted by atomic mass is 10.2. The number of sulfone groups is 1. The number of para-hydroxylation sites is 2. The molecule has 0 N–H and O–H groups in total. The summed E-state index contributed by atoms with van der Waals surface area (Å²) in [6, 6.07) is 7.25. The number of fused-ring (bicyclic) bond motifs is 1. The van der Waals surface area contributed by atoms with Crippen molar-refractivity contribution in [1.29, 1.82) is 0 Å². The summed E-state index contributed by atoms with van der Waals surface area (Å²) < 4.78 is 23.0. The molecule has 1 fully saturated rings. The second kappa shape index (κ2) is 6.08. The number of likely N-dealkylation sites (N-methyl/N-ethyl adjacent to an activating group) is 1. The summed E-state index contributed by atoms with van der Waals surface area (Å²) in [5.41, 5.74) is 2.14. The summed E-state index contributed by atoms with van der Waals surface area (Å²) in [4.78, 5) is 22.3. The van der Waals surface area contributed by atoms with E-state index in [2.05, 4.69) is 9.97 Å². The molecule has 0 radical (unpaired) electrons. The Kier molecular flexibility index (Phi) is 4.12. The van der Waals surface area contributed by atoms with E-state index in [9.17, 15) is 13.2 Å². The smallest absolute Gasteiger partial charge is 0.246 e. The van der Waals surface area contributed by atoms with Gasteiger partial charge in [0.2, 0.25) is 5.91 Å². The molecule has 1 amide bonds. The maximum Gasteiger partial charge on any atom is 0.246 e. The number of hydrogen-bond donors (Lipinski definition) is 0. The third kappa shape index (κ3) is 3.56. The van der Waals surface area contributed by atoms with Gasteiger partial charge in [-0.1, -0.05) is 12.1 Å². The Morgan fingerprint density at radius 3 is 2.74 bits per heavy atom. The lowest BCUT2D eigenvalue weighted by molar-refractivity contribution is -0.126. The standard InChI is InChI=1S/C16H17N3O3S/c1-19(13-8-9-23(21,22)11-13)16(20)7-6-12-10-17-14-4-2-3-5-15(14)18-12/h2-7,10,13H,8-9,11H2,1H3/b7-6-/t13-/m0/s1. The highest BCUT2D eigenvalue weighted by atomic mass is 32.2. The second-order valence-electron chi connectivity index (χ2n) is 5.62. The lowest BCUT2D eigenvalue weighted by Crippen LogP contribution is -2.36. The van der Waals surface area contributed by atoms with E-state index in [1.807, 2.05) is 24.3 Å². The van der Waals surface area contributed by atoms with E-state index in [4.69, 9.17) is 0 Å². The van der Waals surface area contributed by atoms with Crippen LogP contribution in [0.2, 0.25) is 0 Å². The van der Waals surface area contributed by atoms with Crippen molar-refractivity contribution in [3.63, 3.8) is 0 Å². The van der Waals surface area contributed by atoms with Crippen LogP contribution < -0.4 is 0 Å². The van der Waals surface area contributed by atoms with Gasteiger partial charge in [0.15, 0.2) is 9.84 Å². The van der Waals surface area contributed by atoms with Gasteiger partial charge in [-0.2, -0.15) is 0 Å². The number of aromatic nitrogens is 2. The minimum atomic E-state index is -3.01. The van der Waals surface area contributed by atoms with Gasteiger partial charge in [-0.15, -0.1) is 0 Å². The Hall–Kier alpha value is -2.28. The quantitative estimate of drug-likeness (QED) is 0.792. The van der Waals surface area contributed by atoms with Gasteiger partial charge >= 0.3 is 0 Å². The van der Waals surface area contributed by atoms with Gasteiger partial charge in [0.1, 0.15) is 0 Å². The van der Waals surface area contributed by atoms with E-state index in [0.29, 0.717) is 12.1 Å². The largest absolute Gasteiger partial charge is 0.338 e. The Bertz CT molecular complexity index is 877. The van der Waals surface area contributed by atoms with Gasteiger partial charge < -0.3 is 4.90 Å². The summed E-state index contributed by atoms with van der Waals surface area (Å²) in [7, 11) is -1.38. The van der Waals surface area contributed by atoms with Crippen LogP contribution in [0.4, 0.5) is 0 Å². The van der Waals surface area contributed by atoms with Crippen LogP contribution in [-0.4, -0.2) is 53.8 Å². The summed E-state index contributed by atoms with van der Waals surface area (Å²) in [5.74, 6) is -0.0457. The number of hydrogen-bond acceptors (Lipinski definition) is 5. The van der Waals surface area contributed by atoms with E-state index < -0.39 is 9.84 Å². The van der Waals surface area contributed by atoms with Crippen molar-refractivity contribution in [1.82, 2.24) is 14.9 Å². The molecule has 1 aliphatic rings. The van der Waals surface area contributed by atoms with Crippen LogP contribution in [0.25, 0.3) is 17.1 Å². The molecular formula is C16H17N3O3S. The van der Waals surface area contributed by atoms with Crippen molar-refractivity contribution in [3.8, 4) is 0 Å². The van der Waals surface area contributed by atoms with Crippen LogP contribution >= 0.6 is 0 Å². The fourth-order valence-corrected chi connectivity index (χ4v) is 4.36. The maximum absolute atomic E-state index is 12.2. The maximum atomic E-state index is 12.2. The Morgan fingerprint density at radius 2 is 2.04 bits per heavy atom. The molecule has 6 nitrogen and oxygen atoms in total. The number of rotatable bonds is 3. The molecule has 2 aromatic rings. The van der Waals surface area contributed by atoms with Gasteiger partial charge in [-0.3, -0.25) is 9.78 Å². The zero-order valence-electron chi connectivity index (χ0n) is 12.7. The second-order valence-corrected chi connectivity index (χ2v) is 7.85. The molecule has 7 heteroatoms. The predicted molar refractivity (Wildman–Crippen MR) is 88.4 cm³/mol. The van der Waals surface area contributed by atoms with Gasteiger partial charge in [0, 0.05) is 19.2 Å². The first kappa shape index (κ1) is 15.6. The van der Waals surface area contributed by atoms with E-state index in [1.54, 1.807) is 19.3 Å². The van der Waals surface area contributed by atoms with Crippen molar-refractivity contribution >= 4 is 32.9 Å². The van der Waals surface area contributed by atoms with Crippen molar-refractivity contribution in [2.24, 2.45) is 0 Å². The van der Waals surface area contributed by atoms with Crippen molar-refractivity contribution in [2.45, 2.75) is 12.5 Å². The van der Waals surface area contributed by atoms with Crippen LogP contribution in [0.5, 0.6) is 0 Å². The van der Waals surface area contributed by atoms with Crippen molar-refractivity contribution in [3.05, 3.63) is 42.2 Å². The predicted octanol–water partition coefficient (Wildman–Crippen LogP) is 1.29. The zero-order valence-corrected chi connectivity index (χ0v) is 13.5. The molecule has 1 aliphatic heterocycles. The Morgan fingerprint density at radius 1 is 1.30 bits per heavy atom.